The highest BCUT2D eigenvalue weighted by Gasteiger charge is 2.46. The smallest absolute Gasteiger partial charge is 0.341 e. The second kappa shape index (κ2) is 25.9. The van der Waals surface area contributed by atoms with Crippen LogP contribution in [0.4, 0.5) is 0 Å². The molecule has 4 rings (SSSR count). The van der Waals surface area contributed by atoms with Gasteiger partial charge in [-0.2, -0.15) is 0 Å². The quantitative estimate of drug-likeness (QED) is 0.109. The number of halogens is 2. The number of rotatable bonds is 14. The number of allylic oxidation sites excluding steroid dienone is 2. The van der Waals surface area contributed by atoms with Crippen molar-refractivity contribution in [3.05, 3.63) is 111 Å². The molecule has 13 heteroatoms. The van der Waals surface area contributed by atoms with Crippen LogP contribution in [0, 0.1) is 6.92 Å². The number of Topliss-reactive ketones (excluding diaryl/α,β-unsaturated/α-hetero) is 1. The Morgan fingerprint density at radius 1 is 0.963 bits per heavy atom. The monoisotopic (exact) mass is 783 g/mol. The highest BCUT2D eigenvalue weighted by Crippen LogP contribution is 2.29. The molecular weight excluding hydrogens is 733 g/mol. The first-order valence-electron chi connectivity index (χ1n) is 17.6. The van der Waals surface area contributed by atoms with E-state index in [9.17, 15) is 19.2 Å². The van der Waals surface area contributed by atoms with Gasteiger partial charge >= 0.3 is 5.97 Å². The Labute approximate surface area is 328 Å². The van der Waals surface area contributed by atoms with Gasteiger partial charge in [0.25, 0.3) is 11.9 Å². The van der Waals surface area contributed by atoms with E-state index < -0.39 is 42.4 Å². The molecule has 0 saturated carbocycles. The Morgan fingerprint density at radius 2 is 1.56 bits per heavy atom. The summed E-state index contributed by atoms with van der Waals surface area (Å²) in [5.74, 6) is -2.80. The summed E-state index contributed by atoms with van der Waals surface area (Å²) < 4.78 is 4.99. The molecule has 0 bridgehead atoms. The average molecular weight is 785 g/mol. The van der Waals surface area contributed by atoms with Crippen LogP contribution in [0.25, 0.3) is 5.57 Å². The van der Waals surface area contributed by atoms with Crippen molar-refractivity contribution in [3.63, 3.8) is 0 Å². The zero-order chi connectivity index (χ0) is 40.5. The Bertz CT molecular complexity index is 1710. The van der Waals surface area contributed by atoms with E-state index in [1.165, 1.54) is 48.1 Å². The highest BCUT2D eigenvalue weighted by molar-refractivity contribution is 6.39. The number of carboxylic acids is 1. The number of carboxylic acid groups (broad SMARTS) is 1. The molecule has 0 aliphatic carbocycles. The number of aryl methyl sites for hydroxylation is 1. The normalized spacial score (nSPS) is 14.1. The molecule has 1 atom stereocenters. The number of ether oxygens (including phenoxy) is 1. The topological polar surface area (TPSA) is 160 Å². The number of esters is 1. The third-order valence-electron chi connectivity index (χ3n) is 7.31. The Balaban J connectivity index is 0.000000598. The van der Waals surface area contributed by atoms with Crippen LogP contribution in [0.2, 0.25) is 10.0 Å². The van der Waals surface area contributed by atoms with Crippen molar-refractivity contribution in [2.75, 3.05) is 19.7 Å². The summed E-state index contributed by atoms with van der Waals surface area (Å²) in [6, 6.07) is 22.3. The summed E-state index contributed by atoms with van der Waals surface area (Å²) in [5.41, 5.74) is 4.14. The molecule has 3 aromatic carbocycles. The number of aliphatic carboxylic acids is 1. The van der Waals surface area contributed by atoms with Crippen LogP contribution in [0.1, 0.15) is 87.4 Å². The van der Waals surface area contributed by atoms with E-state index in [4.69, 9.17) is 42.7 Å². The van der Waals surface area contributed by atoms with E-state index in [0.29, 0.717) is 12.1 Å². The first-order chi connectivity index (χ1) is 25.8. The molecule has 1 unspecified atom stereocenters. The first-order valence-corrected chi connectivity index (χ1v) is 18.3. The van der Waals surface area contributed by atoms with Crippen LogP contribution in [0.5, 0.6) is 0 Å². The lowest BCUT2D eigenvalue weighted by atomic mass is 9.88. The first kappa shape index (κ1) is 47.0. The number of carbonyl (C=O) groups is 5. The van der Waals surface area contributed by atoms with Crippen molar-refractivity contribution < 1.29 is 38.7 Å². The molecule has 0 spiro atoms. The Morgan fingerprint density at radius 3 is 2.11 bits per heavy atom. The SMILES string of the molecule is C/C=C(/CCC)c1ccccc1C.CC(=O)O.CCC.O=CNCC1=NOC(Cc2ccccc2)(C(=O)NCC(=O)COC(=O)c2c(Cl)cccc2Cl)C1. The van der Waals surface area contributed by atoms with Gasteiger partial charge in [0, 0.05) is 19.8 Å². The van der Waals surface area contributed by atoms with E-state index in [0.717, 1.165) is 12.5 Å². The largest absolute Gasteiger partial charge is 0.481 e. The number of benzene rings is 3. The average Bonchev–Trinajstić information content (AvgIpc) is 3.55. The fraction of sp³-hybridized carbons (Fsp3) is 0.366. The summed E-state index contributed by atoms with van der Waals surface area (Å²) >= 11 is 11.9. The van der Waals surface area contributed by atoms with Crippen molar-refractivity contribution >= 4 is 64.5 Å². The number of oxime groups is 1. The van der Waals surface area contributed by atoms with E-state index in [1.807, 2.05) is 30.3 Å². The third-order valence-corrected chi connectivity index (χ3v) is 7.94. The van der Waals surface area contributed by atoms with Gasteiger partial charge in [0.2, 0.25) is 12.0 Å². The predicted octanol–water partition coefficient (Wildman–Crippen LogP) is 8.04. The third kappa shape index (κ3) is 16.8. The van der Waals surface area contributed by atoms with Gasteiger partial charge < -0.3 is 25.3 Å². The van der Waals surface area contributed by atoms with Crippen molar-refractivity contribution in [3.8, 4) is 0 Å². The summed E-state index contributed by atoms with van der Waals surface area (Å²) in [6.07, 6.45) is 6.72. The lowest BCUT2D eigenvalue weighted by molar-refractivity contribution is -0.144. The predicted molar refractivity (Wildman–Crippen MR) is 214 cm³/mol. The Kier molecular flexibility index (Phi) is 22.5. The van der Waals surface area contributed by atoms with Crippen LogP contribution >= 0.6 is 23.2 Å². The maximum atomic E-state index is 13.1. The molecule has 3 N–H and O–H groups in total. The molecule has 3 aromatic rings. The van der Waals surface area contributed by atoms with Crippen molar-refractivity contribution in [2.24, 2.45) is 5.16 Å². The van der Waals surface area contributed by atoms with Gasteiger partial charge in [0.05, 0.1) is 34.4 Å². The molecule has 1 heterocycles. The zero-order valence-corrected chi connectivity index (χ0v) is 33.3. The number of ketones is 1. The number of carbonyl (C=O) groups excluding carboxylic acids is 4. The van der Waals surface area contributed by atoms with Crippen LogP contribution in [0.15, 0.2) is 84.0 Å². The fourth-order valence-electron chi connectivity index (χ4n) is 4.96. The zero-order valence-electron chi connectivity index (χ0n) is 31.7. The molecular formula is C41H51Cl2N3O8. The number of amides is 2. The molecule has 292 valence electrons. The van der Waals surface area contributed by atoms with Gasteiger partial charge in [-0.15, -0.1) is 0 Å². The number of hydrogen-bond acceptors (Lipinski definition) is 8. The molecule has 0 aromatic heterocycles. The summed E-state index contributed by atoms with van der Waals surface area (Å²) in [7, 11) is 0. The van der Waals surface area contributed by atoms with E-state index >= 15 is 0 Å². The lowest BCUT2D eigenvalue weighted by Crippen LogP contribution is -2.50. The summed E-state index contributed by atoms with van der Waals surface area (Å²) in [6.45, 7) is 11.0. The van der Waals surface area contributed by atoms with E-state index in [2.05, 4.69) is 80.7 Å². The second-order valence-electron chi connectivity index (χ2n) is 12.1. The molecule has 0 fully saturated rings. The summed E-state index contributed by atoms with van der Waals surface area (Å²) in [4.78, 5) is 62.6. The molecule has 1 aliphatic rings. The number of hydrogen-bond donors (Lipinski definition) is 3. The molecule has 1 aliphatic heterocycles. The molecule has 0 saturated heterocycles. The molecule has 0 radical (unpaired) electrons. The molecule has 11 nitrogen and oxygen atoms in total. The van der Waals surface area contributed by atoms with Crippen molar-refractivity contribution in [2.45, 2.75) is 79.2 Å². The minimum Gasteiger partial charge on any atom is -0.481 e. The van der Waals surface area contributed by atoms with Crippen LogP contribution < -0.4 is 10.6 Å². The lowest BCUT2D eigenvalue weighted by Gasteiger charge is -2.25. The molecule has 2 amide bonds. The van der Waals surface area contributed by atoms with E-state index in [-0.39, 0.29) is 35.0 Å². The van der Waals surface area contributed by atoms with Gasteiger partial charge in [-0.05, 0) is 54.7 Å². The van der Waals surface area contributed by atoms with Crippen LogP contribution in [-0.4, -0.2) is 66.2 Å². The fourth-order valence-corrected chi connectivity index (χ4v) is 5.51. The maximum Gasteiger partial charge on any atom is 0.341 e. The maximum absolute atomic E-state index is 13.1. The highest BCUT2D eigenvalue weighted by atomic mass is 35.5. The van der Waals surface area contributed by atoms with Gasteiger partial charge in [-0.3, -0.25) is 19.2 Å². The van der Waals surface area contributed by atoms with Crippen molar-refractivity contribution in [1.29, 1.82) is 0 Å². The Hall–Kier alpha value is -5.00. The van der Waals surface area contributed by atoms with Crippen LogP contribution in [-0.2, 0) is 35.2 Å². The second-order valence-corrected chi connectivity index (χ2v) is 12.9. The molecule has 54 heavy (non-hydrogen) atoms. The summed E-state index contributed by atoms with van der Waals surface area (Å²) in [5, 5.41) is 16.6. The minimum absolute atomic E-state index is 0.0440. The minimum atomic E-state index is -1.39. The van der Waals surface area contributed by atoms with Gasteiger partial charge in [-0.1, -0.05) is 129 Å². The van der Waals surface area contributed by atoms with Gasteiger partial charge in [-0.25, -0.2) is 4.79 Å². The number of nitrogens with zero attached hydrogens (tertiary/aromatic N) is 1. The van der Waals surface area contributed by atoms with E-state index in [1.54, 1.807) is 6.07 Å². The van der Waals surface area contributed by atoms with Gasteiger partial charge in [0.1, 0.15) is 0 Å². The standard InChI is InChI=1S/C23H21Cl2N3O6.C13H18.C3H8.C2H4O2/c24-18-7-4-8-19(25)20(18)21(31)33-13-17(30)12-27-22(32)23(9-15-5-2-1-3-6-15)10-16(28-34-23)11-26-14-29;1-4-8-12(5-2)13-10-7-6-9-11(13)3;1-3-2;1-2(3)4/h1-8,14H,9-13H2,(H,26,29)(H,27,32);5-7,9-10H,4,8H2,1-3H3;3H2,1-2H3;1H3,(H,3,4)/b;12-5-;;. The van der Waals surface area contributed by atoms with Gasteiger partial charge in [0.15, 0.2) is 12.4 Å². The number of nitrogens with one attached hydrogen (secondary N) is 2. The van der Waals surface area contributed by atoms with Crippen molar-refractivity contribution in [1.82, 2.24) is 10.6 Å². The van der Waals surface area contributed by atoms with Crippen LogP contribution in [0.3, 0.4) is 0 Å².